The van der Waals surface area contributed by atoms with Crippen molar-refractivity contribution in [2.75, 3.05) is 5.75 Å². The van der Waals surface area contributed by atoms with E-state index < -0.39 is 11.7 Å². The van der Waals surface area contributed by atoms with Gasteiger partial charge in [-0.3, -0.25) is 10.3 Å². The van der Waals surface area contributed by atoms with E-state index in [2.05, 4.69) is 10.3 Å². The minimum Gasteiger partial charge on any atom is -0.444 e. The van der Waals surface area contributed by atoms with E-state index in [0.717, 1.165) is 5.75 Å². The topological polar surface area (TPSA) is 50.7 Å². The maximum atomic E-state index is 11.4. The van der Waals surface area contributed by atoms with Gasteiger partial charge in [-0.05, 0) is 34.6 Å². The van der Waals surface area contributed by atoms with Crippen molar-refractivity contribution >= 4 is 23.0 Å². The van der Waals surface area contributed by atoms with Crippen molar-refractivity contribution in [2.45, 2.75) is 45.8 Å². The summed E-state index contributed by atoms with van der Waals surface area (Å²) >= 11 is 1.54. The van der Waals surface area contributed by atoms with Crippen LogP contribution in [0.25, 0.3) is 0 Å². The highest BCUT2D eigenvalue weighted by atomic mass is 32.2. The molecule has 0 atom stereocenters. The number of nitrogens with zero attached hydrogens (tertiary/aromatic N) is 1. The second-order valence-corrected chi connectivity index (χ2v) is 6.11. The van der Waals surface area contributed by atoms with Gasteiger partial charge in [0.15, 0.2) is 5.17 Å². The fourth-order valence-corrected chi connectivity index (χ4v) is 2.06. The highest BCUT2D eigenvalue weighted by Crippen LogP contribution is 2.25. The van der Waals surface area contributed by atoms with Crippen LogP contribution in [0.4, 0.5) is 4.79 Å². The van der Waals surface area contributed by atoms with Crippen molar-refractivity contribution in [2.24, 2.45) is 4.99 Å². The number of carbonyl (C=O) groups excluding carboxylic acids is 1. The third kappa shape index (κ3) is 4.55. The summed E-state index contributed by atoms with van der Waals surface area (Å²) in [4.78, 5) is 15.8. The van der Waals surface area contributed by atoms with Crippen molar-refractivity contribution in [3.05, 3.63) is 0 Å². The van der Waals surface area contributed by atoms with Gasteiger partial charge in [-0.1, -0.05) is 11.8 Å². The lowest BCUT2D eigenvalue weighted by molar-refractivity contribution is 0.0564. The van der Waals surface area contributed by atoms with Crippen molar-refractivity contribution in [1.29, 1.82) is 0 Å². The summed E-state index contributed by atoms with van der Waals surface area (Å²) in [5.41, 5.74) is -0.557. The van der Waals surface area contributed by atoms with Gasteiger partial charge in [0.2, 0.25) is 0 Å². The molecule has 0 aliphatic carbocycles. The van der Waals surface area contributed by atoms with Crippen molar-refractivity contribution in [3.63, 3.8) is 0 Å². The third-order valence-electron chi connectivity index (χ3n) is 1.57. The second-order valence-electron chi connectivity index (χ2n) is 5.14. The lowest BCUT2D eigenvalue weighted by Crippen LogP contribution is -2.34. The minimum absolute atomic E-state index is 0.0883. The molecule has 0 saturated carbocycles. The summed E-state index contributed by atoms with van der Waals surface area (Å²) in [7, 11) is 0. The quantitative estimate of drug-likeness (QED) is 0.695. The van der Waals surface area contributed by atoms with Gasteiger partial charge in [0.25, 0.3) is 0 Å². The molecule has 5 heteroatoms. The Kier molecular flexibility index (Phi) is 3.33. The summed E-state index contributed by atoms with van der Waals surface area (Å²) in [6.07, 6.45) is -0.438. The molecule has 1 aliphatic heterocycles. The van der Waals surface area contributed by atoms with Crippen LogP contribution in [0.2, 0.25) is 0 Å². The molecule has 1 aliphatic rings. The van der Waals surface area contributed by atoms with Crippen LogP contribution < -0.4 is 5.32 Å². The molecule has 0 aromatic carbocycles. The Morgan fingerprint density at radius 2 is 2.13 bits per heavy atom. The SMILES string of the molecule is CC1(C)CSC(NC(=O)OC(C)(C)C)=N1. The van der Waals surface area contributed by atoms with Gasteiger partial charge in [-0.15, -0.1) is 0 Å². The van der Waals surface area contributed by atoms with E-state index in [0.29, 0.717) is 5.17 Å². The Morgan fingerprint density at radius 1 is 1.53 bits per heavy atom. The standard InChI is InChI=1S/C10H18N2O2S/c1-9(2,3)14-8(13)11-7-12-10(4,5)6-15-7/h6H2,1-5H3,(H,11,12,13). The summed E-state index contributed by atoms with van der Waals surface area (Å²) in [6, 6.07) is 0. The van der Waals surface area contributed by atoms with Gasteiger partial charge in [0.05, 0.1) is 5.54 Å². The summed E-state index contributed by atoms with van der Waals surface area (Å²) in [5.74, 6) is 0.887. The van der Waals surface area contributed by atoms with Crippen molar-refractivity contribution in [3.8, 4) is 0 Å². The van der Waals surface area contributed by atoms with Crippen LogP contribution in [0, 0.1) is 0 Å². The Bertz CT molecular complexity index is 292. The lowest BCUT2D eigenvalue weighted by Gasteiger charge is -2.19. The highest BCUT2D eigenvalue weighted by molar-refractivity contribution is 8.14. The smallest absolute Gasteiger partial charge is 0.413 e. The summed E-state index contributed by atoms with van der Waals surface area (Å²) in [6.45, 7) is 9.56. The zero-order valence-electron chi connectivity index (χ0n) is 9.88. The minimum atomic E-state index is -0.469. The van der Waals surface area contributed by atoms with E-state index in [-0.39, 0.29) is 5.54 Å². The molecule has 0 radical (unpaired) electrons. The molecule has 86 valence electrons. The Labute approximate surface area is 94.9 Å². The molecule has 1 amide bonds. The first-order chi connectivity index (χ1) is 6.68. The average Bonchev–Trinajstić information content (AvgIpc) is 2.25. The monoisotopic (exact) mass is 230 g/mol. The molecule has 0 saturated heterocycles. The molecule has 1 N–H and O–H groups in total. The van der Waals surface area contributed by atoms with Crippen molar-refractivity contribution in [1.82, 2.24) is 5.32 Å². The number of carbonyl (C=O) groups is 1. The molecule has 0 spiro atoms. The highest BCUT2D eigenvalue weighted by Gasteiger charge is 2.27. The number of aliphatic imine (C=N–C) groups is 1. The number of hydrogen-bond acceptors (Lipinski definition) is 4. The molecular weight excluding hydrogens is 212 g/mol. The predicted molar refractivity (Wildman–Crippen MR) is 63.3 cm³/mol. The van der Waals surface area contributed by atoms with Gasteiger partial charge >= 0.3 is 6.09 Å². The first-order valence-corrected chi connectivity index (χ1v) is 5.89. The van der Waals surface area contributed by atoms with Crippen LogP contribution in [-0.2, 0) is 4.74 Å². The number of rotatable bonds is 0. The van der Waals surface area contributed by atoms with Gasteiger partial charge in [0.1, 0.15) is 5.60 Å². The van der Waals surface area contributed by atoms with Gasteiger partial charge in [-0.2, -0.15) is 0 Å². The Balaban J connectivity index is 2.47. The van der Waals surface area contributed by atoms with E-state index in [1.807, 2.05) is 34.6 Å². The van der Waals surface area contributed by atoms with Crippen molar-refractivity contribution < 1.29 is 9.53 Å². The number of thioether (sulfide) groups is 1. The molecular formula is C10H18N2O2S. The van der Waals surface area contributed by atoms with Gasteiger partial charge in [-0.25, -0.2) is 4.79 Å². The molecule has 0 bridgehead atoms. The maximum absolute atomic E-state index is 11.4. The van der Waals surface area contributed by atoms with Crippen LogP contribution in [0.15, 0.2) is 4.99 Å². The number of amidine groups is 1. The van der Waals surface area contributed by atoms with Crippen LogP contribution in [0.5, 0.6) is 0 Å². The molecule has 1 rings (SSSR count). The number of hydrogen-bond donors (Lipinski definition) is 1. The molecule has 0 unspecified atom stereocenters. The average molecular weight is 230 g/mol. The van der Waals surface area contributed by atoms with Crippen LogP contribution in [-0.4, -0.2) is 28.2 Å². The molecule has 4 nitrogen and oxygen atoms in total. The van der Waals surface area contributed by atoms with E-state index >= 15 is 0 Å². The number of nitrogens with one attached hydrogen (secondary N) is 1. The van der Waals surface area contributed by atoms with Gasteiger partial charge < -0.3 is 4.74 Å². The Hall–Kier alpha value is -0.710. The number of alkyl carbamates (subject to hydrolysis) is 1. The van der Waals surface area contributed by atoms with E-state index in [4.69, 9.17) is 4.74 Å². The van der Waals surface area contributed by atoms with Crippen LogP contribution in [0.1, 0.15) is 34.6 Å². The van der Waals surface area contributed by atoms with E-state index in [1.54, 1.807) is 11.8 Å². The largest absolute Gasteiger partial charge is 0.444 e. The fraction of sp³-hybridized carbons (Fsp3) is 0.800. The third-order valence-corrected chi connectivity index (χ3v) is 2.89. The van der Waals surface area contributed by atoms with Crippen LogP contribution >= 0.6 is 11.8 Å². The zero-order valence-corrected chi connectivity index (χ0v) is 10.7. The maximum Gasteiger partial charge on any atom is 0.413 e. The summed E-state index contributed by atoms with van der Waals surface area (Å²) in [5, 5.41) is 3.29. The predicted octanol–water partition coefficient (Wildman–Crippen LogP) is 2.39. The van der Waals surface area contributed by atoms with Crippen LogP contribution in [0.3, 0.4) is 0 Å². The second kappa shape index (κ2) is 4.04. The van der Waals surface area contributed by atoms with E-state index in [1.165, 1.54) is 0 Å². The molecule has 0 fully saturated rings. The lowest BCUT2D eigenvalue weighted by atomic mass is 10.1. The summed E-state index contributed by atoms with van der Waals surface area (Å²) < 4.78 is 5.12. The Morgan fingerprint density at radius 3 is 2.53 bits per heavy atom. The fourth-order valence-electron chi connectivity index (χ4n) is 1.04. The molecule has 0 aromatic heterocycles. The van der Waals surface area contributed by atoms with Gasteiger partial charge in [0, 0.05) is 5.75 Å². The molecule has 15 heavy (non-hydrogen) atoms. The number of ether oxygens (including phenoxy) is 1. The first kappa shape index (κ1) is 12.4. The normalized spacial score (nSPS) is 19.7. The molecule has 0 aromatic rings. The number of amides is 1. The van der Waals surface area contributed by atoms with E-state index in [9.17, 15) is 4.79 Å². The first-order valence-electron chi connectivity index (χ1n) is 4.91. The molecule has 1 heterocycles. The zero-order chi connectivity index (χ0) is 11.7.